The molecule has 0 aromatic carbocycles. The standard InChI is InChI=1S/C10H13N8O7P/c11-7-4-8(14-2-13-7)18(10(15-4)16-17-12)9-6(20)5(19)3(25-9)1-24-26(21,22)23/h2-3,5-6,9,19-20H,1H2,(H2,11,13,14)(H2,21,22,23)/t3-,5-,6-,9?/m1/s1. The number of imidazole rings is 1. The molecule has 0 bridgehead atoms. The van der Waals surface area contributed by atoms with Crippen LogP contribution in [-0.2, 0) is 13.8 Å². The number of ether oxygens (including phenoxy) is 1. The molecule has 0 radical (unpaired) electrons. The lowest BCUT2D eigenvalue weighted by atomic mass is 10.1. The van der Waals surface area contributed by atoms with Crippen molar-refractivity contribution in [3.8, 4) is 0 Å². The molecule has 0 amide bonds. The van der Waals surface area contributed by atoms with E-state index in [1.807, 2.05) is 0 Å². The maximum absolute atomic E-state index is 10.8. The Morgan fingerprint density at radius 3 is 2.81 bits per heavy atom. The summed E-state index contributed by atoms with van der Waals surface area (Å²) in [6.07, 6.45) is -4.63. The van der Waals surface area contributed by atoms with E-state index < -0.39 is 39.0 Å². The molecule has 2 aromatic heterocycles. The zero-order valence-corrected chi connectivity index (χ0v) is 13.7. The van der Waals surface area contributed by atoms with Crippen LogP contribution in [0.3, 0.4) is 0 Å². The Labute approximate surface area is 143 Å². The highest BCUT2D eigenvalue weighted by Crippen LogP contribution is 2.40. The molecular weight excluding hydrogens is 375 g/mol. The summed E-state index contributed by atoms with van der Waals surface area (Å²) < 4.78 is 21.6. The molecule has 1 aliphatic heterocycles. The third-order valence-corrected chi connectivity index (χ3v) is 4.10. The summed E-state index contributed by atoms with van der Waals surface area (Å²) in [4.78, 5) is 31.8. The lowest BCUT2D eigenvalue weighted by molar-refractivity contribution is -0.0495. The van der Waals surface area contributed by atoms with Gasteiger partial charge in [0.05, 0.1) is 6.61 Å². The molecule has 1 fully saturated rings. The average molecular weight is 388 g/mol. The van der Waals surface area contributed by atoms with E-state index in [1.165, 1.54) is 0 Å². The number of azide groups is 1. The largest absolute Gasteiger partial charge is 0.469 e. The Balaban J connectivity index is 2.00. The number of rotatable bonds is 5. The third kappa shape index (κ3) is 3.33. The number of aromatic nitrogens is 4. The van der Waals surface area contributed by atoms with Crippen LogP contribution >= 0.6 is 7.82 Å². The first kappa shape index (κ1) is 18.4. The molecule has 0 spiro atoms. The van der Waals surface area contributed by atoms with Crippen LogP contribution in [0.25, 0.3) is 21.6 Å². The minimum absolute atomic E-state index is 0.0162. The van der Waals surface area contributed by atoms with E-state index in [0.29, 0.717) is 0 Å². The van der Waals surface area contributed by atoms with Crippen molar-refractivity contribution < 1.29 is 33.8 Å². The molecule has 140 valence electrons. The summed E-state index contributed by atoms with van der Waals surface area (Å²) in [5.74, 6) is -0.278. The van der Waals surface area contributed by atoms with Crippen LogP contribution in [-0.4, -0.2) is 64.4 Å². The van der Waals surface area contributed by atoms with Gasteiger partial charge in [0.25, 0.3) is 0 Å². The number of hydrogen-bond donors (Lipinski definition) is 5. The molecule has 16 heteroatoms. The van der Waals surface area contributed by atoms with Crippen LogP contribution in [0.15, 0.2) is 11.4 Å². The quantitative estimate of drug-likeness (QED) is 0.182. The van der Waals surface area contributed by atoms with Gasteiger partial charge in [-0.2, -0.15) is 0 Å². The highest BCUT2D eigenvalue weighted by molar-refractivity contribution is 7.46. The molecule has 1 aliphatic rings. The highest BCUT2D eigenvalue weighted by Gasteiger charge is 2.46. The molecule has 4 atom stereocenters. The highest BCUT2D eigenvalue weighted by atomic mass is 31.2. The van der Waals surface area contributed by atoms with Gasteiger partial charge in [-0.1, -0.05) is 0 Å². The molecular formula is C10H13N8O7P. The fourth-order valence-electron chi connectivity index (χ4n) is 2.51. The summed E-state index contributed by atoms with van der Waals surface area (Å²) in [6.45, 7) is -0.695. The van der Waals surface area contributed by atoms with Crippen molar-refractivity contribution in [3.63, 3.8) is 0 Å². The van der Waals surface area contributed by atoms with Gasteiger partial charge in [0.1, 0.15) is 24.6 Å². The zero-order chi connectivity index (χ0) is 19.1. The predicted octanol–water partition coefficient (Wildman–Crippen LogP) is -0.921. The Morgan fingerprint density at radius 2 is 2.15 bits per heavy atom. The normalized spacial score (nSPS) is 26.2. The van der Waals surface area contributed by atoms with Gasteiger partial charge in [0, 0.05) is 4.91 Å². The van der Waals surface area contributed by atoms with Crippen molar-refractivity contribution in [3.05, 3.63) is 16.8 Å². The van der Waals surface area contributed by atoms with Crippen LogP contribution in [0.1, 0.15) is 6.23 Å². The molecule has 2 aromatic rings. The topological polar surface area (TPSA) is 235 Å². The number of nitrogens with zero attached hydrogens (tertiary/aromatic N) is 7. The summed E-state index contributed by atoms with van der Waals surface area (Å²) in [5, 5.41) is 23.7. The van der Waals surface area contributed by atoms with E-state index in [-0.39, 0.29) is 22.9 Å². The fraction of sp³-hybridized carbons (Fsp3) is 0.500. The second kappa shape index (κ2) is 6.75. The number of phosphoric acid groups is 1. The first-order valence-electron chi connectivity index (χ1n) is 6.98. The molecule has 15 nitrogen and oxygen atoms in total. The Morgan fingerprint density at radius 1 is 1.42 bits per heavy atom. The van der Waals surface area contributed by atoms with Crippen molar-refractivity contribution >= 4 is 30.8 Å². The van der Waals surface area contributed by atoms with Gasteiger partial charge in [-0.3, -0.25) is 9.09 Å². The van der Waals surface area contributed by atoms with Crippen LogP contribution in [0, 0.1) is 0 Å². The van der Waals surface area contributed by atoms with Crippen LogP contribution in [0.5, 0.6) is 0 Å². The van der Waals surface area contributed by atoms with Crippen molar-refractivity contribution in [2.75, 3.05) is 12.3 Å². The molecule has 26 heavy (non-hydrogen) atoms. The molecule has 3 heterocycles. The average Bonchev–Trinajstić information content (AvgIpc) is 3.05. The molecule has 1 saturated heterocycles. The first-order chi connectivity index (χ1) is 12.2. The number of nitrogens with two attached hydrogens (primary N) is 1. The minimum atomic E-state index is -4.81. The summed E-state index contributed by atoms with van der Waals surface area (Å²) in [5.41, 5.74) is 14.5. The van der Waals surface area contributed by atoms with Crippen LogP contribution < -0.4 is 5.73 Å². The molecule has 1 unspecified atom stereocenters. The molecule has 0 aliphatic carbocycles. The number of nitrogen functional groups attached to an aromatic ring is 1. The van der Waals surface area contributed by atoms with Gasteiger partial charge in [0.2, 0.25) is 5.95 Å². The first-order valence-corrected chi connectivity index (χ1v) is 8.51. The lowest BCUT2D eigenvalue weighted by Crippen LogP contribution is -2.33. The van der Waals surface area contributed by atoms with Gasteiger partial charge >= 0.3 is 7.82 Å². The SMILES string of the molecule is [N-]=[N+]=Nc1nc2c(N)ncnc2n1C1O[C@H](COP(=O)(O)O)[C@@H](O)[C@H]1O. The number of phosphoric ester groups is 1. The van der Waals surface area contributed by atoms with Crippen molar-refractivity contribution in [2.45, 2.75) is 24.5 Å². The number of hydrogen-bond acceptors (Lipinski definition) is 10. The second-order valence-corrected chi connectivity index (χ2v) is 6.47. The Hall–Kier alpha value is -2.35. The molecule has 6 N–H and O–H groups in total. The van der Waals surface area contributed by atoms with E-state index in [4.69, 9.17) is 25.8 Å². The van der Waals surface area contributed by atoms with Gasteiger partial charge < -0.3 is 30.5 Å². The van der Waals surface area contributed by atoms with Gasteiger partial charge in [-0.15, -0.1) is 0 Å². The maximum Gasteiger partial charge on any atom is 0.469 e. The smallest absolute Gasteiger partial charge is 0.387 e. The van der Waals surface area contributed by atoms with Gasteiger partial charge in [-0.05, 0) is 10.6 Å². The zero-order valence-electron chi connectivity index (χ0n) is 12.8. The lowest BCUT2D eigenvalue weighted by Gasteiger charge is -2.18. The number of aliphatic hydroxyl groups is 2. The maximum atomic E-state index is 10.8. The number of anilines is 1. The van der Waals surface area contributed by atoms with Crippen LogP contribution in [0.4, 0.5) is 11.8 Å². The van der Waals surface area contributed by atoms with E-state index in [2.05, 4.69) is 29.5 Å². The fourth-order valence-corrected chi connectivity index (χ4v) is 2.85. The molecule has 0 saturated carbocycles. The van der Waals surface area contributed by atoms with E-state index in [0.717, 1.165) is 10.9 Å². The van der Waals surface area contributed by atoms with Crippen molar-refractivity contribution in [1.29, 1.82) is 0 Å². The van der Waals surface area contributed by atoms with Crippen LogP contribution in [0.2, 0.25) is 0 Å². The monoisotopic (exact) mass is 388 g/mol. The summed E-state index contributed by atoms with van der Waals surface area (Å²) >= 11 is 0. The van der Waals surface area contributed by atoms with E-state index in [1.54, 1.807) is 0 Å². The van der Waals surface area contributed by atoms with Crippen molar-refractivity contribution in [1.82, 2.24) is 19.5 Å². The Bertz CT molecular complexity index is 923. The van der Waals surface area contributed by atoms with E-state index in [9.17, 15) is 14.8 Å². The van der Waals surface area contributed by atoms with Gasteiger partial charge in [0.15, 0.2) is 23.2 Å². The Kier molecular flexibility index (Phi) is 4.79. The van der Waals surface area contributed by atoms with Crippen molar-refractivity contribution in [2.24, 2.45) is 5.11 Å². The predicted molar refractivity (Wildman–Crippen MR) is 82.5 cm³/mol. The number of aliphatic hydroxyl groups excluding tert-OH is 2. The second-order valence-electron chi connectivity index (χ2n) is 5.23. The van der Waals surface area contributed by atoms with Gasteiger partial charge in [-0.25, -0.2) is 19.5 Å². The van der Waals surface area contributed by atoms with E-state index >= 15 is 0 Å². The number of fused-ring (bicyclic) bond motifs is 1. The minimum Gasteiger partial charge on any atom is -0.387 e. The third-order valence-electron chi connectivity index (χ3n) is 3.62. The molecule has 3 rings (SSSR count). The summed E-state index contributed by atoms with van der Waals surface area (Å²) in [7, 11) is -4.81. The summed E-state index contributed by atoms with van der Waals surface area (Å²) in [6, 6.07) is 0.